The number of hydrogen-bond acceptors (Lipinski definition) is 6. The van der Waals surface area contributed by atoms with Gasteiger partial charge in [0, 0.05) is 46.7 Å². The first kappa shape index (κ1) is 30.1. The molecule has 4 aromatic carbocycles. The molecule has 0 spiro atoms. The number of rotatable bonds is 10. The van der Waals surface area contributed by atoms with E-state index in [0.29, 0.717) is 33.9 Å². The van der Waals surface area contributed by atoms with Crippen LogP contribution in [0.2, 0.25) is 0 Å². The van der Waals surface area contributed by atoms with Gasteiger partial charge >= 0.3 is 0 Å². The predicted molar refractivity (Wildman–Crippen MR) is 169 cm³/mol. The molecule has 5 rings (SSSR count). The van der Waals surface area contributed by atoms with Crippen molar-refractivity contribution in [2.24, 2.45) is 0 Å². The van der Waals surface area contributed by atoms with E-state index in [0.717, 1.165) is 0 Å². The summed E-state index contributed by atoms with van der Waals surface area (Å²) in [4.78, 5) is 49.2. The second-order valence-corrected chi connectivity index (χ2v) is 9.66. The van der Waals surface area contributed by atoms with Gasteiger partial charge < -0.3 is 15.1 Å². The summed E-state index contributed by atoms with van der Waals surface area (Å²) in [5.74, 6) is -0.912. The van der Waals surface area contributed by atoms with Crippen LogP contribution in [0.15, 0.2) is 126 Å². The third-order valence-electron chi connectivity index (χ3n) is 6.51. The quantitative estimate of drug-likeness (QED) is 0.0736. The molecule has 0 saturated heterocycles. The highest BCUT2D eigenvalue weighted by Gasteiger charge is 2.16. The number of nitrogens with zero attached hydrogens (tertiary/aromatic N) is 1. The van der Waals surface area contributed by atoms with Crippen LogP contribution in [0.5, 0.6) is 0 Å². The number of nitrogens with one attached hydrogen (secondary N) is 2. The Labute approximate surface area is 256 Å². The maximum absolute atomic E-state index is 13.4. The second-order valence-electron chi connectivity index (χ2n) is 9.66. The van der Waals surface area contributed by atoms with Crippen molar-refractivity contribution in [1.29, 1.82) is 0 Å². The number of benzene rings is 4. The van der Waals surface area contributed by atoms with Crippen molar-refractivity contribution in [3.8, 4) is 11.3 Å². The van der Waals surface area contributed by atoms with Gasteiger partial charge in [0.05, 0.1) is 10.6 Å². The topological polar surface area (TPSA) is 132 Å². The molecule has 0 atom stereocenters. The minimum absolute atomic E-state index is 0.0372. The van der Waals surface area contributed by atoms with Gasteiger partial charge in [-0.25, -0.2) is 4.39 Å². The van der Waals surface area contributed by atoms with E-state index in [1.54, 1.807) is 60.7 Å². The molecule has 0 bridgehead atoms. The monoisotopic (exact) mass is 601 g/mol. The number of halogens is 1. The van der Waals surface area contributed by atoms with Gasteiger partial charge in [0.1, 0.15) is 17.3 Å². The first-order valence-corrected chi connectivity index (χ1v) is 13.6. The number of hydrogen-bond donors (Lipinski definition) is 2. The van der Waals surface area contributed by atoms with Crippen molar-refractivity contribution in [3.63, 3.8) is 0 Å². The first-order valence-electron chi connectivity index (χ1n) is 13.6. The molecule has 10 heteroatoms. The Morgan fingerprint density at radius 3 is 2.16 bits per heavy atom. The molecule has 0 aliphatic carbocycles. The summed E-state index contributed by atoms with van der Waals surface area (Å²) in [6, 6.07) is 27.9. The van der Waals surface area contributed by atoms with E-state index < -0.39 is 22.6 Å². The molecule has 0 aliphatic heterocycles. The van der Waals surface area contributed by atoms with Gasteiger partial charge in [-0.05, 0) is 72.3 Å². The van der Waals surface area contributed by atoms with E-state index in [-0.39, 0.29) is 22.7 Å². The van der Waals surface area contributed by atoms with Gasteiger partial charge in [-0.3, -0.25) is 24.5 Å². The van der Waals surface area contributed by atoms with Crippen molar-refractivity contribution in [2.75, 3.05) is 10.6 Å². The average Bonchev–Trinajstić information content (AvgIpc) is 3.53. The average molecular weight is 602 g/mol. The molecule has 1 aromatic heterocycles. The Morgan fingerprint density at radius 2 is 1.44 bits per heavy atom. The zero-order valence-corrected chi connectivity index (χ0v) is 23.5. The summed E-state index contributed by atoms with van der Waals surface area (Å²) >= 11 is 0. The predicted octanol–water partition coefficient (Wildman–Crippen LogP) is 7.53. The lowest BCUT2D eigenvalue weighted by molar-refractivity contribution is -0.384. The van der Waals surface area contributed by atoms with Gasteiger partial charge in [0.2, 0.25) is 11.8 Å². The van der Waals surface area contributed by atoms with Crippen molar-refractivity contribution >= 4 is 46.8 Å². The zero-order chi connectivity index (χ0) is 31.8. The largest absolute Gasteiger partial charge is 0.457 e. The number of anilines is 2. The fraction of sp³-hybridized carbons (Fsp3) is 0. The van der Waals surface area contributed by atoms with Crippen LogP contribution in [0, 0.1) is 15.9 Å². The van der Waals surface area contributed by atoms with Crippen LogP contribution in [-0.2, 0) is 9.59 Å². The van der Waals surface area contributed by atoms with Crippen LogP contribution in [0.25, 0.3) is 23.5 Å². The lowest BCUT2D eigenvalue weighted by atomic mass is 10.0. The second kappa shape index (κ2) is 13.7. The number of nitro benzene ring substituents is 1. The maximum Gasteiger partial charge on any atom is 0.269 e. The highest BCUT2D eigenvalue weighted by atomic mass is 19.1. The third-order valence-corrected chi connectivity index (χ3v) is 6.51. The van der Waals surface area contributed by atoms with Gasteiger partial charge in [0.25, 0.3) is 5.69 Å². The van der Waals surface area contributed by atoms with E-state index in [9.17, 15) is 28.9 Å². The van der Waals surface area contributed by atoms with Crippen LogP contribution < -0.4 is 10.6 Å². The Balaban J connectivity index is 1.30. The molecule has 0 saturated carbocycles. The highest BCUT2D eigenvalue weighted by Crippen LogP contribution is 2.26. The standard InChI is InChI=1S/C35H24FN3O6/c36-26-11-6-23(7-12-26)8-20-34(41)38-31-18-13-27(22-30(31)35(42)25-4-2-1-3-5-25)37-33(40)21-17-29-16-19-32(45-29)24-9-14-28(15-10-24)39(43)44/h1-22H,(H,37,40)(H,38,41)/b20-8+,21-17+. The molecule has 1 heterocycles. The number of carbonyl (C=O) groups is 3. The third kappa shape index (κ3) is 7.90. The molecule has 0 radical (unpaired) electrons. The Bertz CT molecular complexity index is 1930. The molecular weight excluding hydrogens is 577 g/mol. The van der Waals surface area contributed by atoms with Gasteiger partial charge in [-0.2, -0.15) is 0 Å². The van der Waals surface area contributed by atoms with Crippen molar-refractivity contribution in [2.45, 2.75) is 0 Å². The molecular formula is C35H24FN3O6. The molecule has 222 valence electrons. The molecule has 0 fully saturated rings. The lowest BCUT2D eigenvalue weighted by Gasteiger charge is -2.12. The minimum Gasteiger partial charge on any atom is -0.457 e. The van der Waals surface area contributed by atoms with Gasteiger partial charge in [-0.1, -0.05) is 42.5 Å². The molecule has 45 heavy (non-hydrogen) atoms. The fourth-order valence-electron chi connectivity index (χ4n) is 4.27. The van der Waals surface area contributed by atoms with Gasteiger partial charge in [-0.15, -0.1) is 0 Å². The Morgan fingerprint density at radius 1 is 0.756 bits per heavy atom. The summed E-state index contributed by atoms with van der Waals surface area (Å²) in [6.45, 7) is 0. The number of amides is 2. The Hall–Kier alpha value is -6.42. The molecule has 0 unspecified atom stereocenters. The van der Waals surface area contributed by atoms with Crippen LogP contribution in [0.1, 0.15) is 27.2 Å². The maximum atomic E-state index is 13.4. The van der Waals surface area contributed by atoms with Crippen LogP contribution in [0.4, 0.5) is 21.5 Å². The SMILES string of the molecule is O=C(/C=C/c1ccc(-c2ccc([N+](=O)[O-])cc2)o1)Nc1ccc(NC(=O)/C=C/c2ccc(F)cc2)c(C(=O)c2ccccc2)c1. The van der Waals surface area contributed by atoms with Crippen molar-refractivity contribution in [3.05, 3.63) is 160 Å². The minimum atomic E-state index is -0.507. The molecule has 0 aliphatic rings. The summed E-state index contributed by atoms with van der Waals surface area (Å²) in [5.41, 5.74) is 2.32. The molecule has 2 amide bonds. The molecule has 5 aromatic rings. The normalized spacial score (nSPS) is 11.0. The number of furan rings is 1. The van der Waals surface area contributed by atoms with Crippen molar-refractivity contribution < 1.29 is 28.1 Å². The molecule has 2 N–H and O–H groups in total. The zero-order valence-electron chi connectivity index (χ0n) is 23.5. The van der Waals surface area contributed by atoms with E-state index in [1.807, 2.05) is 0 Å². The summed E-state index contributed by atoms with van der Waals surface area (Å²) in [6.07, 6.45) is 5.50. The summed E-state index contributed by atoms with van der Waals surface area (Å²) in [7, 11) is 0. The lowest BCUT2D eigenvalue weighted by Crippen LogP contribution is -2.14. The van der Waals surface area contributed by atoms with E-state index in [4.69, 9.17) is 4.42 Å². The van der Waals surface area contributed by atoms with E-state index in [2.05, 4.69) is 10.6 Å². The first-order chi connectivity index (χ1) is 21.7. The van der Waals surface area contributed by atoms with Crippen LogP contribution >= 0.6 is 0 Å². The number of nitro groups is 1. The summed E-state index contributed by atoms with van der Waals surface area (Å²) < 4.78 is 18.9. The number of carbonyl (C=O) groups excluding carboxylic acids is 3. The Kier molecular flexibility index (Phi) is 9.15. The fourth-order valence-corrected chi connectivity index (χ4v) is 4.27. The number of ketones is 1. The van der Waals surface area contributed by atoms with E-state index >= 15 is 0 Å². The number of non-ortho nitro benzene ring substituents is 1. The van der Waals surface area contributed by atoms with E-state index in [1.165, 1.54) is 72.8 Å². The smallest absolute Gasteiger partial charge is 0.269 e. The highest BCUT2D eigenvalue weighted by molar-refractivity contribution is 6.16. The van der Waals surface area contributed by atoms with Crippen LogP contribution in [-0.4, -0.2) is 22.5 Å². The van der Waals surface area contributed by atoms with Crippen molar-refractivity contribution in [1.82, 2.24) is 0 Å². The van der Waals surface area contributed by atoms with Crippen LogP contribution in [0.3, 0.4) is 0 Å². The molecule has 9 nitrogen and oxygen atoms in total. The summed E-state index contributed by atoms with van der Waals surface area (Å²) in [5, 5.41) is 16.3. The van der Waals surface area contributed by atoms with Gasteiger partial charge in [0.15, 0.2) is 5.78 Å².